The second kappa shape index (κ2) is 3.95. The van der Waals surface area contributed by atoms with E-state index >= 15 is 0 Å². The van der Waals surface area contributed by atoms with Crippen LogP contribution in [0.1, 0.15) is 26.3 Å². The summed E-state index contributed by atoms with van der Waals surface area (Å²) < 4.78 is 26.5. The Morgan fingerprint density at radius 2 is 1.78 bits per heavy atom. The maximum Gasteiger partial charge on any atom is 0.265 e. The number of sulfonamides is 1. The topological polar surface area (TPSA) is 63.2 Å². The van der Waals surface area contributed by atoms with Crippen molar-refractivity contribution in [2.45, 2.75) is 20.8 Å². The van der Waals surface area contributed by atoms with Crippen molar-refractivity contribution in [2.24, 2.45) is 5.41 Å². The minimum Gasteiger partial charge on any atom is -0.293 e. The summed E-state index contributed by atoms with van der Waals surface area (Å²) in [7, 11) is -3.76. The highest BCUT2D eigenvalue weighted by atomic mass is 32.2. The molecular formula is C13H15NO3S. The molecule has 1 N–H and O–H groups in total. The van der Waals surface area contributed by atoms with Gasteiger partial charge in [0.25, 0.3) is 10.0 Å². The molecule has 0 spiro atoms. The lowest BCUT2D eigenvalue weighted by molar-refractivity contribution is -0.121. The summed E-state index contributed by atoms with van der Waals surface area (Å²) in [6, 6.07) is 6.98. The number of Topliss-reactive ketones (excluding diaryl/α,β-unsaturated/α-hetero) is 1. The van der Waals surface area contributed by atoms with E-state index in [0.717, 1.165) is 0 Å². The Morgan fingerprint density at radius 3 is 2.39 bits per heavy atom. The molecule has 1 aromatic carbocycles. The van der Waals surface area contributed by atoms with Crippen molar-refractivity contribution >= 4 is 27.6 Å². The quantitative estimate of drug-likeness (QED) is 0.848. The number of carbonyl (C=O) groups is 1. The molecular weight excluding hydrogens is 250 g/mol. The van der Waals surface area contributed by atoms with E-state index in [1.54, 1.807) is 45.0 Å². The summed E-state index contributed by atoms with van der Waals surface area (Å²) in [5.74, 6) is -0.385. The van der Waals surface area contributed by atoms with Gasteiger partial charge < -0.3 is 0 Å². The van der Waals surface area contributed by atoms with Crippen LogP contribution in [0.25, 0.3) is 6.08 Å². The van der Waals surface area contributed by atoms with E-state index in [4.69, 9.17) is 0 Å². The minimum absolute atomic E-state index is 0.172. The van der Waals surface area contributed by atoms with Crippen LogP contribution >= 0.6 is 0 Å². The van der Waals surface area contributed by atoms with E-state index in [0.29, 0.717) is 11.3 Å². The van der Waals surface area contributed by atoms with Crippen LogP contribution in [0.15, 0.2) is 29.2 Å². The molecule has 1 aliphatic rings. The first-order valence-corrected chi connectivity index (χ1v) is 7.08. The number of para-hydroxylation sites is 1. The fourth-order valence-corrected chi connectivity index (χ4v) is 3.11. The van der Waals surface area contributed by atoms with Gasteiger partial charge in [0.1, 0.15) is 4.91 Å². The summed E-state index contributed by atoms with van der Waals surface area (Å²) in [5, 5.41) is 0. The number of fused-ring (bicyclic) bond motifs is 1. The van der Waals surface area contributed by atoms with E-state index in [9.17, 15) is 13.2 Å². The van der Waals surface area contributed by atoms with Gasteiger partial charge in [-0.25, -0.2) is 8.42 Å². The Hall–Kier alpha value is -1.62. The van der Waals surface area contributed by atoms with Crippen molar-refractivity contribution in [2.75, 3.05) is 4.72 Å². The zero-order valence-electron chi connectivity index (χ0n) is 10.5. The van der Waals surface area contributed by atoms with Gasteiger partial charge in [0.2, 0.25) is 0 Å². The largest absolute Gasteiger partial charge is 0.293 e. The van der Waals surface area contributed by atoms with E-state index in [2.05, 4.69) is 4.72 Å². The van der Waals surface area contributed by atoms with Gasteiger partial charge in [-0.1, -0.05) is 39.0 Å². The van der Waals surface area contributed by atoms with E-state index in [1.165, 1.54) is 6.08 Å². The van der Waals surface area contributed by atoms with Gasteiger partial charge in [0, 0.05) is 11.0 Å². The molecule has 0 fully saturated rings. The predicted octanol–water partition coefficient (Wildman–Crippen LogP) is 2.40. The Bertz CT molecular complexity index is 636. The summed E-state index contributed by atoms with van der Waals surface area (Å²) in [4.78, 5) is 12.0. The minimum atomic E-state index is -3.76. The van der Waals surface area contributed by atoms with Crippen LogP contribution in [0.2, 0.25) is 0 Å². The highest BCUT2D eigenvalue weighted by Gasteiger charge is 2.35. The molecule has 0 unspecified atom stereocenters. The van der Waals surface area contributed by atoms with Crippen LogP contribution in [-0.4, -0.2) is 14.2 Å². The summed E-state index contributed by atoms with van der Waals surface area (Å²) in [6.45, 7) is 5.10. The molecule has 0 atom stereocenters. The normalized spacial score (nSPS) is 17.4. The van der Waals surface area contributed by atoms with Crippen molar-refractivity contribution in [3.05, 3.63) is 34.7 Å². The lowest BCUT2D eigenvalue weighted by Crippen LogP contribution is -2.31. The average Bonchev–Trinajstić information content (AvgIpc) is 2.24. The fourth-order valence-electron chi connectivity index (χ4n) is 1.69. The molecule has 0 radical (unpaired) electrons. The molecule has 0 saturated carbocycles. The van der Waals surface area contributed by atoms with Crippen LogP contribution in [0.4, 0.5) is 5.69 Å². The number of rotatable bonds is 1. The zero-order valence-corrected chi connectivity index (χ0v) is 11.3. The van der Waals surface area contributed by atoms with E-state index in [-0.39, 0.29) is 10.7 Å². The third-order valence-electron chi connectivity index (χ3n) is 2.69. The number of benzene rings is 1. The van der Waals surface area contributed by atoms with E-state index in [1.807, 2.05) is 0 Å². The highest BCUT2D eigenvalue weighted by Crippen LogP contribution is 2.32. The second-order valence-electron chi connectivity index (χ2n) is 5.28. The number of hydrogen-bond donors (Lipinski definition) is 1. The molecule has 96 valence electrons. The lowest BCUT2D eigenvalue weighted by Gasteiger charge is -2.23. The lowest BCUT2D eigenvalue weighted by atomic mass is 9.90. The Labute approximate surface area is 107 Å². The van der Waals surface area contributed by atoms with Crippen molar-refractivity contribution < 1.29 is 13.2 Å². The third kappa shape index (κ3) is 2.18. The van der Waals surface area contributed by atoms with Crippen molar-refractivity contribution in [1.82, 2.24) is 0 Å². The summed E-state index contributed by atoms with van der Waals surface area (Å²) >= 11 is 0. The Kier molecular flexibility index (Phi) is 2.81. The Morgan fingerprint density at radius 1 is 1.17 bits per heavy atom. The number of nitrogens with one attached hydrogen (secondary N) is 1. The SMILES string of the molecule is CC(C)(C)C(=O)C1=Cc2ccccc2NS1(=O)=O. The number of carbonyl (C=O) groups excluding carboxylic acids is 1. The van der Waals surface area contributed by atoms with Crippen LogP contribution in [0, 0.1) is 5.41 Å². The molecule has 1 heterocycles. The molecule has 2 rings (SSSR count). The van der Waals surface area contributed by atoms with Gasteiger partial charge in [-0.15, -0.1) is 0 Å². The predicted molar refractivity (Wildman–Crippen MR) is 71.4 cm³/mol. The van der Waals surface area contributed by atoms with Gasteiger partial charge in [-0.3, -0.25) is 9.52 Å². The second-order valence-corrected chi connectivity index (χ2v) is 6.93. The molecule has 0 amide bonds. The first-order chi connectivity index (χ1) is 8.22. The number of allylic oxidation sites excluding steroid dienone is 1. The highest BCUT2D eigenvalue weighted by molar-refractivity contribution is 7.97. The first-order valence-electron chi connectivity index (χ1n) is 5.60. The molecule has 4 nitrogen and oxygen atoms in total. The third-order valence-corrected chi connectivity index (χ3v) is 4.06. The molecule has 0 saturated heterocycles. The van der Waals surface area contributed by atoms with Crippen LogP contribution in [0.5, 0.6) is 0 Å². The monoisotopic (exact) mass is 265 g/mol. The molecule has 0 bridgehead atoms. The van der Waals surface area contributed by atoms with E-state index < -0.39 is 15.4 Å². The van der Waals surface area contributed by atoms with Gasteiger partial charge in [-0.2, -0.15) is 0 Å². The molecule has 18 heavy (non-hydrogen) atoms. The first kappa shape index (κ1) is 12.8. The van der Waals surface area contributed by atoms with Crippen LogP contribution in [0.3, 0.4) is 0 Å². The molecule has 1 aromatic rings. The smallest absolute Gasteiger partial charge is 0.265 e. The number of anilines is 1. The van der Waals surface area contributed by atoms with Gasteiger partial charge >= 0.3 is 0 Å². The molecule has 0 aliphatic carbocycles. The van der Waals surface area contributed by atoms with Crippen LogP contribution < -0.4 is 4.72 Å². The standard InChI is InChI=1S/C13H15NO3S/c1-13(2,3)12(15)11-8-9-6-4-5-7-10(9)14-18(11,16)17/h4-8,14H,1-3H3. The van der Waals surface area contributed by atoms with Gasteiger partial charge in [0.15, 0.2) is 5.78 Å². The Balaban J connectivity index is 2.60. The van der Waals surface area contributed by atoms with Crippen molar-refractivity contribution in [1.29, 1.82) is 0 Å². The molecule has 1 aliphatic heterocycles. The summed E-state index contributed by atoms with van der Waals surface area (Å²) in [5.41, 5.74) is 0.482. The van der Waals surface area contributed by atoms with Crippen LogP contribution in [-0.2, 0) is 14.8 Å². The molecule has 0 aromatic heterocycles. The van der Waals surface area contributed by atoms with Gasteiger partial charge in [-0.05, 0) is 12.1 Å². The van der Waals surface area contributed by atoms with Crippen molar-refractivity contribution in [3.8, 4) is 0 Å². The zero-order chi connectivity index (χ0) is 13.6. The van der Waals surface area contributed by atoms with Gasteiger partial charge in [0.05, 0.1) is 5.69 Å². The van der Waals surface area contributed by atoms with Crippen molar-refractivity contribution in [3.63, 3.8) is 0 Å². The number of ketones is 1. The number of hydrogen-bond acceptors (Lipinski definition) is 3. The fraction of sp³-hybridized carbons (Fsp3) is 0.308. The summed E-state index contributed by atoms with van der Waals surface area (Å²) in [6.07, 6.45) is 1.44. The maximum atomic E-state index is 12.2. The average molecular weight is 265 g/mol. The maximum absolute atomic E-state index is 12.2. The molecule has 5 heteroatoms.